The van der Waals surface area contributed by atoms with Gasteiger partial charge in [-0.15, -0.1) is 11.3 Å². The molecule has 1 aliphatic rings. The van der Waals surface area contributed by atoms with Crippen LogP contribution >= 0.6 is 22.9 Å². The highest BCUT2D eigenvalue weighted by atomic mass is 35.5. The number of carbonyl (C=O) groups excluding carboxylic acids is 1. The molecule has 5 heteroatoms. The zero-order valence-electron chi connectivity index (χ0n) is 6.99. The first-order valence-electron chi connectivity index (χ1n) is 4.17. The summed E-state index contributed by atoms with van der Waals surface area (Å²) < 4.78 is 0. The number of hydrogen-bond acceptors (Lipinski definition) is 3. The third-order valence-electron chi connectivity index (χ3n) is 2.11. The minimum atomic E-state index is 0.0324. The highest BCUT2D eigenvalue weighted by Crippen LogP contribution is 2.22. The fourth-order valence-corrected chi connectivity index (χ4v) is 2.40. The minimum absolute atomic E-state index is 0.0324. The smallest absolute Gasteiger partial charge is 0.267 e. The number of aromatic nitrogens is 1. The van der Waals surface area contributed by atoms with Gasteiger partial charge in [0.1, 0.15) is 4.88 Å². The molecular formula is C8H9ClN2OS. The van der Waals surface area contributed by atoms with Crippen molar-refractivity contribution in [2.24, 2.45) is 0 Å². The van der Waals surface area contributed by atoms with Gasteiger partial charge in [-0.3, -0.25) is 4.79 Å². The van der Waals surface area contributed by atoms with Crippen molar-refractivity contribution >= 4 is 28.8 Å². The Bertz CT molecular complexity index is 320. The lowest BCUT2D eigenvalue weighted by Gasteiger charge is -2.13. The number of likely N-dealkylation sites (tertiary alicyclic amines) is 1. The molecule has 70 valence electrons. The molecular weight excluding hydrogens is 208 g/mol. The van der Waals surface area contributed by atoms with Crippen LogP contribution in [0.1, 0.15) is 22.5 Å². The fourth-order valence-electron chi connectivity index (χ4n) is 1.44. The van der Waals surface area contributed by atoms with E-state index in [4.69, 9.17) is 11.6 Å². The van der Waals surface area contributed by atoms with Crippen molar-refractivity contribution < 1.29 is 4.79 Å². The van der Waals surface area contributed by atoms with Gasteiger partial charge in [0.15, 0.2) is 5.15 Å². The van der Waals surface area contributed by atoms with Crippen LogP contribution in [0, 0.1) is 0 Å². The van der Waals surface area contributed by atoms with Gasteiger partial charge >= 0.3 is 0 Å². The number of hydrogen-bond donors (Lipinski definition) is 0. The molecule has 1 fully saturated rings. The summed E-state index contributed by atoms with van der Waals surface area (Å²) in [6.07, 6.45) is 2.20. The molecule has 2 rings (SSSR count). The van der Waals surface area contributed by atoms with E-state index in [1.165, 1.54) is 11.3 Å². The Morgan fingerprint density at radius 3 is 2.77 bits per heavy atom. The van der Waals surface area contributed by atoms with Crippen LogP contribution in [0.5, 0.6) is 0 Å². The van der Waals surface area contributed by atoms with Crippen LogP contribution in [0.2, 0.25) is 5.15 Å². The van der Waals surface area contributed by atoms with Gasteiger partial charge in [0.05, 0.1) is 5.51 Å². The highest BCUT2D eigenvalue weighted by molar-refractivity contribution is 7.12. The van der Waals surface area contributed by atoms with E-state index in [0.717, 1.165) is 25.9 Å². The molecule has 0 saturated carbocycles. The maximum Gasteiger partial charge on any atom is 0.267 e. The number of halogens is 1. The van der Waals surface area contributed by atoms with E-state index in [0.29, 0.717) is 10.0 Å². The standard InChI is InChI=1S/C8H9ClN2OS/c9-7-6(13-5-10-7)8(12)11-3-1-2-4-11/h5H,1-4H2. The molecule has 1 amide bonds. The first kappa shape index (κ1) is 8.97. The van der Waals surface area contributed by atoms with E-state index < -0.39 is 0 Å². The van der Waals surface area contributed by atoms with Gasteiger partial charge in [-0.2, -0.15) is 0 Å². The molecule has 0 aliphatic carbocycles. The number of amides is 1. The first-order chi connectivity index (χ1) is 6.29. The average molecular weight is 217 g/mol. The molecule has 0 atom stereocenters. The van der Waals surface area contributed by atoms with Gasteiger partial charge in [-0.25, -0.2) is 4.98 Å². The van der Waals surface area contributed by atoms with Crippen molar-refractivity contribution in [3.8, 4) is 0 Å². The molecule has 0 spiro atoms. The molecule has 0 bridgehead atoms. The third kappa shape index (κ3) is 1.69. The molecule has 1 aromatic heterocycles. The molecule has 0 aromatic carbocycles. The third-order valence-corrected chi connectivity index (χ3v) is 3.32. The molecule has 0 radical (unpaired) electrons. The summed E-state index contributed by atoms with van der Waals surface area (Å²) in [5, 5.41) is 0.335. The molecule has 0 unspecified atom stereocenters. The lowest BCUT2D eigenvalue weighted by molar-refractivity contribution is 0.0797. The topological polar surface area (TPSA) is 33.2 Å². The fraction of sp³-hybridized carbons (Fsp3) is 0.500. The number of thiazole rings is 1. The van der Waals surface area contributed by atoms with Crippen LogP contribution in [0.3, 0.4) is 0 Å². The van der Waals surface area contributed by atoms with Gasteiger partial charge in [0.25, 0.3) is 5.91 Å². The van der Waals surface area contributed by atoms with E-state index in [1.54, 1.807) is 5.51 Å². The average Bonchev–Trinajstić information content (AvgIpc) is 2.72. The first-order valence-corrected chi connectivity index (χ1v) is 5.43. The minimum Gasteiger partial charge on any atom is -0.338 e. The van der Waals surface area contributed by atoms with E-state index in [-0.39, 0.29) is 5.91 Å². The summed E-state index contributed by atoms with van der Waals surface area (Å²) in [5.74, 6) is 0.0324. The summed E-state index contributed by atoms with van der Waals surface area (Å²) in [6, 6.07) is 0. The molecule has 1 aromatic rings. The van der Waals surface area contributed by atoms with Crippen LogP contribution in [0.15, 0.2) is 5.51 Å². The van der Waals surface area contributed by atoms with Crippen LogP contribution in [-0.4, -0.2) is 28.9 Å². The summed E-state index contributed by atoms with van der Waals surface area (Å²) in [7, 11) is 0. The van der Waals surface area contributed by atoms with Crippen LogP contribution in [-0.2, 0) is 0 Å². The Morgan fingerprint density at radius 2 is 2.23 bits per heavy atom. The second kappa shape index (κ2) is 3.64. The zero-order chi connectivity index (χ0) is 9.26. The van der Waals surface area contributed by atoms with E-state index >= 15 is 0 Å². The second-order valence-corrected chi connectivity index (χ2v) is 4.18. The van der Waals surface area contributed by atoms with Crippen LogP contribution in [0.4, 0.5) is 0 Å². The van der Waals surface area contributed by atoms with Gasteiger partial charge < -0.3 is 4.90 Å². The molecule has 1 aliphatic heterocycles. The number of carbonyl (C=O) groups is 1. The molecule has 2 heterocycles. The van der Waals surface area contributed by atoms with Gasteiger partial charge in [-0.1, -0.05) is 11.6 Å². The quantitative estimate of drug-likeness (QED) is 0.720. The Labute approximate surface area is 85.3 Å². The van der Waals surface area contributed by atoms with E-state index in [2.05, 4.69) is 4.98 Å². The molecule has 0 N–H and O–H groups in total. The van der Waals surface area contributed by atoms with Crippen molar-refractivity contribution in [3.05, 3.63) is 15.5 Å². The number of nitrogens with zero attached hydrogens (tertiary/aromatic N) is 2. The van der Waals surface area contributed by atoms with E-state index in [9.17, 15) is 4.79 Å². The lowest BCUT2D eigenvalue weighted by Crippen LogP contribution is -2.27. The van der Waals surface area contributed by atoms with Crippen molar-refractivity contribution in [1.29, 1.82) is 0 Å². The SMILES string of the molecule is O=C(c1scnc1Cl)N1CCCC1. The second-order valence-electron chi connectivity index (χ2n) is 2.97. The summed E-state index contributed by atoms with van der Waals surface area (Å²) in [5.41, 5.74) is 1.60. The monoisotopic (exact) mass is 216 g/mol. The normalized spacial score (nSPS) is 16.5. The zero-order valence-corrected chi connectivity index (χ0v) is 8.57. The lowest BCUT2D eigenvalue weighted by atomic mass is 10.4. The molecule has 1 saturated heterocycles. The van der Waals surface area contributed by atoms with Crippen molar-refractivity contribution in [1.82, 2.24) is 9.88 Å². The van der Waals surface area contributed by atoms with Crippen molar-refractivity contribution in [3.63, 3.8) is 0 Å². The number of rotatable bonds is 1. The van der Waals surface area contributed by atoms with Gasteiger partial charge in [-0.05, 0) is 12.8 Å². The summed E-state index contributed by atoms with van der Waals surface area (Å²) >= 11 is 7.08. The Kier molecular flexibility index (Phi) is 2.51. The predicted octanol–water partition coefficient (Wildman–Crippen LogP) is 2.03. The molecule has 3 nitrogen and oxygen atoms in total. The van der Waals surface area contributed by atoms with E-state index in [1.807, 2.05) is 4.90 Å². The largest absolute Gasteiger partial charge is 0.338 e. The van der Waals surface area contributed by atoms with Gasteiger partial charge in [0.2, 0.25) is 0 Å². The summed E-state index contributed by atoms with van der Waals surface area (Å²) in [6.45, 7) is 1.71. The maximum absolute atomic E-state index is 11.7. The van der Waals surface area contributed by atoms with Gasteiger partial charge in [0, 0.05) is 13.1 Å². The van der Waals surface area contributed by atoms with Crippen molar-refractivity contribution in [2.45, 2.75) is 12.8 Å². The van der Waals surface area contributed by atoms with Crippen molar-refractivity contribution in [2.75, 3.05) is 13.1 Å². The molecule has 13 heavy (non-hydrogen) atoms. The summed E-state index contributed by atoms with van der Waals surface area (Å²) in [4.78, 5) is 18.0. The Balaban J connectivity index is 2.17. The van der Waals surface area contributed by atoms with Crippen LogP contribution < -0.4 is 0 Å². The predicted molar refractivity (Wildman–Crippen MR) is 52.3 cm³/mol. The maximum atomic E-state index is 11.7. The highest BCUT2D eigenvalue weighted by Gasteiger charge is 2.22. The van der Waals surface area contributed by atoms with Crippen LogP contribution in [0.25, 0.3) is 0 Å². The Hall–Kier alpha value is -0.610. The Morgan fingerprint density at radius 1 is 1.54 bits per heavy atom.